The summed E-state index contributed by atoms with van der Waals surface area (Å²) < 4.78 is 6.09. The predicted octanol–water partition coefficient (Wildman–Crippen LogP) is 3.66. The Morgan fingerprint density at radius 2 is 2.00 bits per heavy atom. The van der Waals surface area contributed by atoms with Crippen LogP contribution in [0.4, 0.5) is 0 Å². The monoisotopic (exact) mass is 340 g/mol. The quantitative estimate of drug-likeness (QED) is 0.659. The van der Waals surface area contributed by atoms with E-state index >= 15 is 0 Å². The molecule has 1 unspecified atom stereocenters. The normalized spacial score (nSPS) is 12.2. The first-order valence-corrected chi connectivity index (χ1v) is 6.88. The van der Waals surface area contributed by atoms with Crippen LogP contribution in [0.2, 0.25) is 5.02 Å². The number of nitrogens with two attached hydrogens (primary N) is 1. The number of ether oxygens (including phenoxy) is 1. The van der Waals surface area contributed by atoms with Crippen LogP contribution >= 0.6 is 27.5 Å². The molecule has 0 bridgehead atoms. The van der Waals surface area contributed by atoms with Gasteiger partial charge in [0.25, 0.3) is 0 Å². The third-order valence-electron chi connectivity index (χ3n) is 2.89. The van der Waals surface area contributed by atoms with Gasteiger partial charge in [-0.15, -0.1) is 0 Å². The number of methoxy groups -OCH3 is 1. The van der Waals surface area contributed by atoms with E-state index in [-0.39, 0.29) is 6.04 Å². The lowest BCUT2D eigenvalue weighted by Gasteiger charge is -2.19. The van der Waals surface area contributed by atoms with Gasteiger partial charge < -0.3 is 4.74 Å². The molecule has 2 aromatic carbocycles. The van der Waals surface area contributed by atoms with Gasteiger partial charge in [0.05, 0.1) is 17.6 Å². The summed E-state index contributed by atoms with van der Waals surface area (Å²) in [7, 11) is 1.63. The molecule has 2 rings (SSSR count). The second-order valence-corrected chi connectivity index (χ2v) is 5.28. The number of halogens is 2. The lowest BCUT2D eigenvalue weighted by molar-refractivity contribution is 0.411. The smallest absolute Gasteiger partial charge is 0.133 e. The SMILES string of the molecule is COc1ccc(C(NN)c2ccccc2Cl)cc1Br. The van der Waals surface area contributed by atoms with Crippen LogP contribution in [0.15, 0.2) is 46.9 Å². The van der Waals surface area contributed by atoms with Crippen molar-refractivity contribution in [3.63, 3.8) is 0 Å². The lowest BCUT2D eigenvalue weighted by Crippen LogP contribution is -2.29. The minimum absolute atomic E-state index is 0.170. The fraction of sp³-hybridized carbons (Fsp3) is 0.143. The number of benzene rings is 2. The topological polar surface area (TPSA) is 47.3 Å². The molecule has 0 spiro atoms. The van der Waals surface area contributed by atoms with E-state index in [1.165, 1.54) is 0 Å². The van der Waals surface area contributed by atoms with Gasteiger partial charge >= 0.3 is 0 Å². The van der Waals surface area contributed by atoms with Crippen LogP contribution in [-0.2, 0) is 0 Å². The summed E-state index contributed by atoms with van der Waals surface area (Å²) in [6.07, 6.45) is 0. The third kappa shape index (κ3) is 3.09. The molecular formula is C14H14BrClN2O. The van der Waals surface area contributed by atoms with E-state index in [0.29, 0.717) is 5.02 Å². The van der Waals surface area contributed by atoms with E-state index in [9.17, 15) is 0 Å². The van der Waals surface area contributed by atoms with Gasteiger partial charge in [0.1, 0.15) is 5.75 Å². The zero-order chi connectivity index (χ0) is 13.8. The van der Waals surface area contributed by atoms with Crippen molar-refractivity contribution in [2.45, 2.75) is 6.04 Å². The molecule has 19 heavy (non-hydrogen) atoms. The highest BCUT2D eigenvalue weighted by Gasteiger charge is 2.16. The van der Waals surface area contributed by atoms with Crippen LogP contribution < -0.4 is 16.0 Å². The molecule has 0 aliphatic heterocycles. The minimum Gasteiger partial charge on any atom is -0.496 e. The second kappa shape index (κ2) is 6.39. The van der Waals surface area contributed by atoms with E-state index in [2.05, 4.69) is 21.4 Å². The third-order valence-corrected chi connectivity index (χ3v) is 3.86. The van der Waals surface area contributed by atoms with Crippen molar-refractivity contribution in [1.82, 2.24) is 5.43 Å². The van der Waals surface area contributed by atoms with Crippen molar-refractivity contribution in [3.8, 4) is 5.75 Å². The van der Waals surface area contributed by atoms with Gasteiger partial charge in [-0.25, -0.2) is 5.43 Å². The molecule has 0 aromatic heterocycles. The van der Waals surface area contributed by atoms with Crippen LogP contribution in [0.25, 0.3) is 0 Å². The molecule has 0 saturated carbocycles. The van der Waals surface area contributed by atoms with Gasteiger partial charge in [-0.3, -0.25) is 5.84 Å². The van der Waals surface area contributed by atoms with Gasteiger partial charge in [0.2, 0.25) is 0 Å². The van der Waals surface area contributed by atoms with Crippen molar-refractivity contribution in [3.05, 3.63) is 63.1 Å². The van der Waals surface area contributed by atoms with Gasteiger partial charge in [-0.1, -0.05) is 35.9 Å². The predicted molar refractivity (Wildman–Crippen MR) is 81.3 cm³/mol. The van der Waals surface area contributed by atoms with Crippen molar-refractivity contribution in [1.29, 1.82) is 0 Å². The Kier molecular flexibility index (Phi) is 4.82. The lowest BCUT2D eigenvalue weighted by atomic mass is 9.99. The molecule has 100 valence electrons. The van der Waals surface area contributed by atoms with Crippen molar-refractivity contribution >= 4 is 27.5 Å². The molecule has 0 amide bonds. The van der Waals surface area contributed by atoms with E-state index in [1.807, 2.05) is 42.5 Å². The first-order valence-electron chi connectivity index (χ1n) is 5.71. The Morgan fingerprint density at radius 3 is 2.58 bits per heavy atom. The number of nitrogens with one attached hydrogen (secondary N) is 1. The van der Waals surface area contributed by atoms with Gasteiger partial charge in [0, 0.05) is 5.02 Å². The summed E-state index contributed by atoms with van der Waals surface area (Å²) in [6.45, 7) is 0. The highest BCUT2D eigenvalue weighted by Crippen LogP contribution is 2.32. The highest BCUT2D eigenvalue weighted by molar-refractivity contribution is 9.10. The first kappa shape index (κ1) is 14.3. The summed E-state index contributed by atoms with van der Waals surface area (Å²) in [6, 6.07) is 13.3. The maximum Gasteiger partial charge on any atom is 0.133 e. The first-order chi connectivity index (χ1) is 9.17. The largest absolute Gasteiger partial charge is 0.496 e. The summed E-state index contributed by atoms with van der Waals surface area (Å²) in [4.78, 5) is 0. The standard InChI is InChI=1S/C14H14BrClN2O/c1-19-13-7-6-9(8-11(13)15)14(18-17)10-4-2-3-5-12(10)16/h2-8,14,18H,17H2,1H3. The average Bonchev–Trinajstić information content (AvgIpc) is 2.42. The van der Waals surface area contributed by atoms with Crippen LogP contribution in [0.5, 0.6) is 5.75 Å². The fourth-order valence-electron chi connectivity index (χ4n) is 1.94. The van der Waals surface area contributed by atoms with E-state index < -0.39 is 0 Å². The van der Waals surface area contributed by atoms with Crippen molar-refractivity contribution in [2.75, 3.05) is 7.11 Å². The fourth-order valence-corrected chi connectivity index (χ4v) is 2.74. The molecule has 3 N–H and O–H groups in total. The number of hydrazine groups is 1. The Bertz CT molecular complexity index is 577. The second-order valence-electron chi connectivity index (χ2n) is 4.02. The Labute approximate surface area is 125 Å². The summed E-state index contributed by atoms with van der Waals surface area (Å²) >= 11 is 9.68. The van der Waals surface area contributed by atoms with Crippen molar-refractivity contribution < 1.29 is 4.74 Å². The zero-order valence-electron chi connectivity index (χ0n) is 10.4. The molecule has 0 fully saturated rings. The molecule has 0 radical (unpaired) electrons. The number of hydrogen-bond acceptors (Lipinski definition) is 3. The number of hydrogen-bond donors (Lipinski definition) is 2. The molecule has 3 nitrogen and oxygen atoms in total. The Morgan fingerprint density at radius 1 is 1.26 bits per heavy atom. The Hall–Kier alpha value is -1.07. The van der Waals surface area contributed by atoms with E-state index in [0.717, 1.165) is 21.3 Å². The molecular weight excluding hydrogens is 328 g/mol. The van der Waals surface area contributed by atoms with Crippen LogP contribution in [-0.4, -0.2) is 7.11 Å². The van der Waals surface area contributed by atoms with E-state index in [1.54, 1.807) is 7.11 Å². The number of rotatable bonds is 4. The van der Waals surface area contributed by atoms with Crippen LogP contribution in [0.1, 0.15) is 17.2 Å². The van der Waals surface area contributed by atoms with Gasteiger partial charge in [0.15, 0.2) is 0 Å². The van der Waals surface area contributed by atoms with Crippen LogP contribution in [0.3, 0.4) is 0 Å². The van der Waals surface area contributed by atoms with Crippen molar-refractivity contribution in [2.24, 2.45) is 5.84 Å². The molecule has 0 heterocycles. The Balaban J connectivity index is 2.43. The summed E-state index contributed by atoms with van der Waals surface area (Å²) in [5.74, 6) is 6.45. The minimum atomic E-state index is -0.170. The molecule has 0 aliphatic rings. The maximum atomic E-state index is 6.21. The van der Waals surface area contributed by atoms with Crippen LogP contribution in [0, 0.1) is 0 Å². The highest BCUT2D eigenvalue weighted by atomic mass is 79.9. The maximum absolute atomic E-state index is 6.21. The molecule has 5 heteroatoms. The van der Waals surface area contributed by atoms with E-state index in [4.69, 9.17) is 22.2 Å². The van der Waals surface area contributed by atoms with Gasteiger partial charge in [-0.2, -0.15) is 0 Å². The zero-order valence-corrected chi connectivity index (χ0v) is 12.7. The summed E-state index contributed by atoms with van der Waals surface area (Å²) in [5.41, 5.74) is 4.73. The molecule has 1 atom stereocenters. The molecule has 0 saturated heterocycles. The van der Waals surface area contributed by atoms with Gasteiger partial charge in [-0.05, 0) is 45.3 Å². The average molecular weight is 342 g/mol. The molecule has 0 aliphatic carbocycles. The molecule has 2 aromatic rings. The summed E-state index contributed by atoms with van der Waals surface area (Å²) in [5, 5.41) is 0.678.